The number of rotatable bonds is 6. The van der Waals surface area contributed by atoms with Gasteiger partial charge in [-0.05, 0) is 13.0 Å². The molecule has 0 saturated carbocycles. The van der Waals surface area contributed by atoms with Crippen molar-refractivity contribution in [2.24, 2.45) is 0 Å². The third-order valence-corrected chi connectivity index (χ3v) is 4.28. The summed E-state index contributed by atoms with van der Waals surface area (Å²) in [6, 6.07) is 9.74. The summed E-state index contributed by atoms with van der Waals surface area (Å²) in [5, 5.41) is 0. The molecule has 0 amide bonds. The number of benzene rings is 1. The van der Waals surface area contributed by atoms with Crippen LogP contribution in [0.25, 0.3) is 5.76 Å². The van der Waals surface area contributed by atoms with Gasteiger partial charge >= 0.3 is 9.05 Å². The number of hydrogen-bond donors (Lipinski definition) is 0. The lowest BCUT2D eigenvalue weighted by Gasteiger charge is -2.25. The Morgan fingerprint density at radius 1 is 1.00 bits per heavy atom. The zero-order valence-electron chi connectivity index (χ0n) is 10.6. The van der Waals surface area contributed by atoms with Gasteiger partial charge < -0.3 is 17.7 Å². The molecule has 0 saturated heterocycles. The van der Waals surface area contributed by atoms with Crippen molar-refractivity contribution in [2.75, 3.05) is 21.3 Å². The molecule has 0 bridgehead atoms. The fourth-order valence-electron chi connectivity index (χ4n) is 1.40. The maximum absolute atomic E-state index is 5.75. The fraction of sp³-hybridized carbons (Fsp3) is 0.333. The van der Waals surface area contributed by atoms with E-state index in [0.717, 1.165) is 5.56 Å². The SMILES string of the molecule is C/C=C(\O[Si](OC)(OC)OC)c1ccccc1. The Morgan fingerprint density at radius 2 is 1.53 bits per heavy atom. The molecule has 0 aliphatic heterocycles. The van der Waals surface area contributed by atoms with Crippen LogP contribution in [0.4, 0.5) is 0 Å². The van der Waals surface area contributed by atoms with Crippen LogP contribution < -0.4 is 0 Å². The van der Waals surface area contributed by atoms with E-state index < -0.39 is 9.05 Å². The van der Waals surface area contributed by atoms with Crippen LogP contribution in [0, 0.1) is 0 Å². The summed E-state index contributed by atoms with van der Waals surface area (Å²) in [4.78, 5) is 0. The highest BCUT2D eigenvalue weighted by atomic mass is 28.4. The van der Waals surface area contributed by atoms with E-state index in [2.05, 4.69) is 0 Å². The second kappa shape index (κ2) is 6.56. The topological polar surface area (TPSA) is 36.9 Å². The number of hydrogen-bond acceptors (Lipinski definition) is 4. The average molecular weight is 254 g/mol. The van der Waals surface area contributed by atoms with Crippen molar-refractivity contribution >= 4 is 14.8 Å². The smallest absolute Gasteiger partial charge is 0.480 e. The quantitative estimate of drug-likeness (QED) is 0.577. The molecule has 0 fully saturated rings. The monoisotopic (exact) mass is 254 g/mol. The first-order valence-corrected chi connectivity index (χ1v) is 6.91. The molecule has 0 atom stereocenters. The van der Waals surface area contributed by atoms with E-state index in [9.17, 15) is 0 Å². The minimum Gasteiger partial charge on any atom is -0.480 e. The summed E-state index contributed by atoms with van der Waals surface area (Å²) < 4.78 is 21.4. The van der Waals surface area contributed by atoms with Crippen molar-refractivity contribution in [3.63, 3.8) is 0 Å². The van der Waals surface area contributed by atoms with E-state index in [1.807, 2.05) is 43.3 Å². The van der Waals surface area contributed by atoms with Crippen molar-refractivity contribution in [1.82, 2.24) is 0 Å². The summed E-state index contributed by atoms with van der Waals surface area (Å²) in [5.41, 5.74) is 0.957. The van der Waals surface area contributed by atoms with Crippen LogP contribution in [-0.2, 0) is 17.7 Å². The standard InChI is InChI=1S/C12H18O4Si/c1-5-12(11-9-7-6-8-10-11)16-17(13-2,14-3)15-4/h5-10H,1-4H3/b12-5-. The van der Waals surface area contributed by atoms with Crippen LogP contribution in [-0.4, -0.2) is 30.4 Å². The van der Waals surface area contributed by atoms with Crippen LogP contribution in [0.3, 0.4) is 0 Å². The van der Waals surface area contributed by atoms with Crippen molar-refractivity contribution in [3.8, 4) is 0 Å². The zero-order chi connectivity index (χ0) is 12.7. The summed E-state index contributed by atoms with van der Waals surface area (Å²) in [7, 11) is 1.48. The van der Waals surface area contributed by atoms with Gasteiger partial charge in [-0.15, -0.1) is 0 Å². The van der Waals surface area contributed by atoms with E-state index in [-0.39, 0.29) is 0 Å². The molecule has 0 spiro atoms. The first-order chi connectivity index (χ1) is 8.21. The summed E-state index contributed by atoms with van der Waals surface area (Å²) in [5.74, 6) is 0.683. The van der Waals surface area contributed by atoms with Gasteiger partial charge in [0.25, 0.3) is 0 Å². The van der Waals surface area contributed by atoms with Gasteiger partial charge in [0.2, 0.25) is 0 Å². The predicted molar refractivity (Wildman–Crippen MR) is 68.0 cm³/mol. The number of allylic oxidation sites excluding steroid dienone is 1. The molecule has 0 heterocycles. The van der Waals surface area contributed by atoms with Crippen LogP contribution in [0.1, 0.15) is 12.5 Å². The molecule has 0 aromatic heterocycles. The molecule has 0 N–H and O–H groups in total. The Bertz CT molecular complexity index is 352. The van der Waals surface area contributed by atoms with Gasteiger partial charge in [0.15, 0.2) is 0 Å². The lowest BCUT2D eigenvalue weighted by molar-refractivity contribution is 0.0412. The molecule has 94 valence electrons. The Hall–Kier alpha value is -1.14. The minimum atomic E-state index is -3.05. The maximum Gasteiger partial charge on any atom is 0.748 e. The van der Waals surface area contributed by atoms with Gasteiger partial charge in [-0.25, -0.2) is 0 Å². The normalized spacial score (nSPS) is 12.6. The second-order valence-electron chi connectivity index (χ2n) is 3.23. The molecule has 17 heavy (non-hydrogen) atoms. The van der Waals surface area contributed by atoms with Crippen LogP contribution >= 0.6 is 0 Å². The molecule has 5 heteroatoms. The Balaban J connectivity index is 2.91. The molecule has 4 nitrogen and oxygen atoms in total. The van der Waals surface area contributed by atoms with Crippen molar-refractivity contribution in [3.05, 3.63) is 42.0 Å². The van der Waals surface area contributed by atoms with E-state index in [0.29, 0.717) is 5.76 Å². The molecule has 0 radical (unpaired) electrons. The summed E-state index contributed by atoms with van der Waals surface area (Å²) in [6.45, 7) is 1.89. The van der Waals surface area contributed by atoms with Gasteiger partial charge in [0.1, 0.15) is 5.76 Å². The molecule has 0 aliphatic carbocycles. The largest absolute Gasteiger partial charge is 0.748 e. The van der Waals surface area contributed by atoms with E-state index in [4.69, 9.17) is 17.7 Å². The molecule has 0 aliphatic rings. The van der Waals surface area contributed by atoms with Crippen LogP contribution in [0.5, 0.6) is 0 Å². The summed E-state index contributed by atoms with van der Waals surface area (Å²) in [6.07, 6.45) is 1.86. The molecule has 1 aromatic rings. The van der Waals surface area contributed by atoms with Crippen molar-refractivity contribution in [1.29, 1.82) is 0 Å². The molecular formula is C12H18O4Si. The first-order valence-electron chi connectivity index (χ1n) is 5.27. The van der Waals surface area contributed by atoms with Crippen molar-refractivity contribution in [2.45, 2.75) is 6.92 Å². The summed E-state index contributed by atoms with van der Waals surface area (Å²) >= 11 is 0. The Kier molecular flexibility index (Phi) is 5.37. The van der Waals surface area contributed by atoms with Crippen LogP contribution in [0.2, 0.25) is 0 Å². The fourth-order valence-corrected chi connectivity index (χ4v) is 2.65. The third kappa shape index (κ3) is 3.40. The lowest BCUT2D eigenvalue weighted by Crippen LogP contribution is -2.45. The zero-order valence-corrected chi connectivity index (χ0v) is 11.6. The molecular weight excluding hydrogens is 236 g/mol. The molecule has 0 unspecified atom stereocenters. The van der Waals surface area contributed by atoms with Gasteiger partial charge in [0, 0.05) is 26.9 Å². The van der Waals surface area contributed by atoms with E-state index in [1.165, 1.54) is 21.3 Å². The highest BCUT2D eigenvalue weighted by Gasteiger charge is 2.45. The van der Waals surface area contributed by atoms with E-state index >= 15 is 0 Å². The highest BCUT2D eigenvalue weighted by molar-refractivity contribution is 6.54. The predicted octanol–water partition coefficient (Wildman–Crippen LogP) is 2.44. The Morgan fingerprint density at radius 3 is 1.94 bits per heavy atom. The van der Waals surface area contributed by atoms with Gasteiger partial charge in [-0.2, -0.15) is 0 Å². The average Bonchev–Trinajstić information content (AvgIpc) is 2.42. The lowest BCUT2D eigenvalue weighted by atomic mass is 10.2. The highest BCUT2D eigenvalue weighted by Crippen LogP contribution is 2.22. The van der Waals surface area contributed by atoms with E-state index in [1.54, 1.807) is 0 Å². The van der Waals surface area contributed by atoms with Crippen LogP contribution in [0.15, 0.2) is 36.4 Å². The van der Waals surface area contributed by atoms with Gasteiger partial charge in [-0.1, -0.05) is 30.3 Å². The van der Waals surface area contributed by atoms with Gasteiger partial charge in [-0.3, -0.25) is 0 Å². The Labute approximate surface area is 103 Å². The van der Waals surface area contributed by atoms with Crippen molar-refractivity contribution < 1.29 is 17.7 Å². The molecule has 1 aromatic carbocycles. The molecule has 1 rings (SSSR count). The third-order valence-electron chi connectivity index (χ3n) is 2.31. The first kappa shape index (κ1) is 13.9. The minimum absolute atomic E-state index is 0.683. The maximum atomic E-state index is 5.75. The van der Waals surface area contributed by atoms with Gasteiger partial charge in [0.05, 0.1) is 0 Å². The second-order valence-corrected chi connectivity index (χ2v) is 5.66.